The Morgan fingerprint density at radius 1 is 1.35 bits per heavy atom. The van der Waals surface area contributed by atoms with Crippen molar-refractivity contribution < 1.29 is 0 Å². The van der Waals surface area contributed by atoms with Gasteiger partial charge in [-0.1, -0.05) is 29.8 Å². The highest BCUT2D eigenvalue weighted by Gasteiger charge is 2.24. The van der Waals surface area contributed by atoms with Crippen LogP contribution in [-0.4, -0.2) is 25.1 Å². The molecular formula is C15H23NS. The third-order valence-corrected chi connectivity index (χ3v) is 4.94. The molecular weight excluding hydrogens is 226 g/mol. The Hall–Kier alpha value is -0.470. The molecule has 0 aromatic heterocycles. The molecule has 1 nitrogen and oxygen atoms in total. The lowest BCUT2D eigenvalue weighted by Gasteiger charge is -2.30. The minimum absolute atomic E-state index is 0.688. The first-order chi connectivity index (χ1) is 8.31. The van der Waals surface area contributed by atoms with E-state index in [1.54, 1.807) is 0 Å². The summed E-state index contributed by atoms with van der Waals surface area (Å²) in [5.74, 6) is 4.23. The van der Waals surface area contributed by atoms with E-state index in [2.05, 4.69) is 55.3 Å². The average molecular weight is 249 g/mol. The van der Waals surface area contributed by atoms with Crippen LogP contribution in [0.4, 0.5) is 0 Å². The van der Waals surface area contributed by atoms with Gasteiger partial charge in [0.05, 0.1) is 0 Å². The lowest BCUT2D eigenvalue weighted by Crippen LogP contribution is -2.27. The van der Waals surface area contributed by atoms with Crippen LogP contribution in [0.1, 0.15) is 29.9 Å². The van der Waals surface area contributed by atoms with Crippen molar-refractivity contribution in [2.75, 3.05) is 25.1 Å². The molecule has 94 valence electrons. The summed E-state index contributed by atoms with van der Waals surface area (Å²) in [5.41, 5.74) is 2.87. The van der Waals surface area contributed by atoms with E-state index in [1.165, 1.54) is 35.5 Å². The van der Waals surface area contributed by atoms with E-state index >= 15 is 0 Å². The van der Waals surface area contributed by atoms with Crippen molar-refractivity contribution in [3.05, 3.63) is 35.4 Å². The molecule has 1 aromatic rings. The van der Waals surface area contributed by atoms with Crippen LogP contribution in [0.25, 0.3) is 0 Å². The number of hydrogen-bond donors (Lipinski definition) is 1. The van der Waals surface area contributed by atoms with Crippen LogP contribution in [0.3, 0.4) is 0 Å². The van der Waals surface area contributed by atoms with Crippen LogP contribution in [-0.2, 0) is 0 Å². The number of hydrogen-bond acceptors (Lipinski definition) is 2. The molecule has 1 aromatic carbocycles. The predicted molar refractivity (Wildman–Crippen MR) is 77.9 cm³/mol. The Kier molecular flexibility index (Phi) is 4.93. The third-order valence-electron chi connectivity index (χ3n) is 3.69. The number of thioether (sulfide) groups is 1. The summed E-state index contributed by atoms with van der Waals surface area (Å²) in [6.45, 7) is 3.27. The Labute approximate surface area is 109 Å². The summed E-state index contributed by atoms with van der Waals surface area (Å²) in [6.07, 6.45) is 2.79. The Morgan fingerprint density at radius 3 is 2.71 bits per heavy atom. The fraction of sp³-hybridized carbons (Fsp3) is 0.600. The molecule has 0 spiro atoms. The number of aryl methyl sites for hydroxylation is 1. The van der Waals surface area contributed by atoms with Crippen molar-refractivity contribution in [1.82, 2.24) is 5.32 Å². The monoisotopic (exact) mass is 249 g/mol. The van der Waals surface area contributed by atoms with Crippen molar-refractivity contribution in [1.29, 1.82) is 0 Å². The third kappa shape index (κ3) is 3.49. The summed E-state index contributed by atoms with van der Waals surface area (Å²) < 4.78 is 0. The molecule has 2 heteroatoms. The molecule has 1 heterocycles. The number of likely N-dealkylation sites (N-methyl/N-ethyl adjacent to an activating group) is 1. The predicted octanol–water partition coefficient (Wildman–Crippen LogP) is 3.44. The second-order valence-corrected chi connectivity index (χ2v) is 6.20. The molecule has 2 unspecified atom stereocenters. The molecule has 1 N–H and O–H groups in total. The molecule has 1 aliphatic heterocycles. The van der Waals surface area contributed by atoms with E-state index < -0.39 is 0 Å². The number of benzene rings is 1. The molecule has 0 aliphatic carbocycles. The minimum atomic E-state index is 0.688. The summed E-state index contributed by atoms with van der Waals surface area (Å²) in [5, 5.41) is 3.37. The van der Waals surface area contributed by atoms with Crippen LogP contribution >= 0.6 is 11.8 Å². The quantitative estimate of drug-likeness (QED) is 0.877. The Morgan fingerprint density at radius 2 is 2.12 bits per heavy atom. The first-order valence-corrected chi connectivity index (χ1v) is 7.75. The molecule has 1 saturated heterocycles. The van der Waals surface area contributed by atoms with E-state index in [1.807, 2.05) is 0 Å². The fourth-order valence-electron chi connectivity index (χ4n) is 2.67. The average Bonchev–Trinajstić information content (AvgIpc) is 2.38. The molecule has 0 amide bonds. The van der Waals surface area contributed by atoms with Gasteiger partial charge >= 0.3 is 0 Å². The summed E-state index contributed by atoms with van der Waals surface area (Å²) in [6, 6.07) is 9.12. The zero-order valence-corrected chi connectivity index (χ0v) is 11.7. The van der Waals surface area contributed by atoms with Gasteiger partial charge in [-0.05, 0) is 55.7 Å². The zero-order chi connectivity index (χ0) is 12.1. The first kappa shape index (κ1) is 13.0. The summed E-state index contributed by atoms with van der Waals surface area (Å²) in [4.78, 5) is 0. The van der Waals surface area contributed by atoms with Gasteiger partial charge in [0.25, 0.3) is 0 Å². The standard InChI is InChI=1S/C15H23NS/c1-12-5-7-13(8-6-12)15(10-16-2)14-4-3-9-17-11-14/h5-8,14-16H,3-4,9-11H2,1-2H3. The maximum Gasteiger partial charge on any atom is 0.00201 e. The highest BCUT2D eigenvalue weighted by atomic mass is 32.2. The van der Waals surface area contributed by atoms with Gasteiger partial charge in [-0.25, -0.2) is 0 Å². The van der Waals surface area contributed by atoms with E-state index in [0.29, 0.717) is 5.92 Å². The number of rotatable bonds is 4. The molecule has 17 heavy (non-hydrogen) atoms. The molecule has 2 rings (SSSR count). The highest BCUT2D eigenvalue weighted by Crippen LogP contribution is 2.34. The lowest BCUT2D eigenvalue weighted by molar-refractivity contribution is 0.413. The molecule has 0 bridgehead atoms. The van der Waals surface area contributed by atoms with Crippen LogP contribution in [0.15, 0.2) is 24.3 Å². The van der Waals surface area contributed by atoms with Crippen molar-refractivity contribution in [3.8, 4) is 0 Å². The van der Waals surface area contributed by atoms with Crippen molar-refractivity contribution >= 4 is 11.8 Å². The second kappa shape index (κ2) is 6.46. The number of nitrogens with one attached hydrogen (secondary N) is 1. The minimum Gasteiger partial charge on any atom is -0.319 e. The normalized spacial score (nSPS) is 22.4. The SMILES string of the molecule is CNCC(c1ccc(C)cc1)C1CCCSC1. The Bertz CT molecular complexity index is 327. The van der Waals surface area contributed by atoms with E-state index in [9.17, 15) is 0 Å². The van der Waals surface area contributed by atoms with E-state index in [4.69, 9.17) is 0 Å². The van der Waals surface area contributed by atoms with Crippen LogP contribution in [0, 0.1) is 12.8 Å². The second-order valence-electron chi connectivity index (χ2n) is 5.05. The summed E-state index contributed by atoms with van der Waals surface area (Å²) in [7, 11) is 2.07. The van der Waals surface area contributed by atoms with Gasteiger partial charge in [0.1, 0.15) is 0 Å². The van der Waals surface area contributed by atoms with Crippen LogP contribution in [0.5, 0.6) is 0 Å². The molecule has 0 radical (unpaired) electrons. The van der Waals surface area contributed by atoms with Gasteiger partial charge in [0, 0.05) is 6.54 Å². The van der Waals surface area contributed by atoms with Gasteiger partial charge in [-0.3, -0.25) is 0 Å². The van der Waals surface area contributed by atoms with Crippen LogP contribution < -0.4 is 5.32 Å². The van der Waals surface area contributed by atoms with Crippen molar-refractivity contribution in [3.63, 3.8) is 0 Å². The zero-order valence-electron chi connectivity index (χ0n) is 10.9. The molecule has 1 aliphatic rings. The highest BCUT2D eigenvalue weighted by molar-refractivity contribution is 7.99. The van der Waals surface area contributed by atoms with Crippen molar-refractivity contribution in [2.45, 2.75) is 25.7 Å². The molecule has 2 atom stereocenters. The smallest absolute Gasteiger partial charge is 0.00201 e. The molecule has 0 saturated carbocycles. The topological polar surface area (TPSA) is 12.0 Å². The van der Waals surface area contributed by atoms with Gasteiger partial charge in [0.2, 0.25) is 0 Å². The van der Waals surface area contributed by atoms with E-state index in [0.717, 1.165) is 12.5 Å². The van der Waals surface area contributed by atoms with Crippen LogP contribution in [0.2, 0.25) is 0 Å². The van der Waals surface area contributed by atoms with Gasteiger partial charge < -0.3 is 5.32 Å². The Balaban J connectivity index is 2.12. The van der Waals surface area contributed by atoms with E-state index in [-0.39, 0.29) is 0 Å². The van der Waals surface area contributed by atoms with Gasteiger partial charge in [-0.15, -0.1) is 0 Å². The van der Waals surface area contributed by atoms with Gasteiger partial charge in [-0.2, -0.15) is 11.8 Å². The first-order valence-electron chi connectivity index (χ1n) is 6.60. The maximum absolute atomic E-state index is 3.37. The summed E-state index contributed by atoms with van der Waals surface area (Å²) >= 11 is 2.13. The lowest BCUT2D eigenvalue weighted by atomic mass is 9.84. The largest absolute Gasteiger partial charge is 0.319 e. The van der Waals surface area contributed by atoms with Crippen molar-refractivity contribution in [2.24, 2.45) is 5.92 Å². The molecule has 1 fully saturated rings. The fourth-order valence-corrected chi connectivity index (χ4v) is 3.91. The maximum atomic E-state index is 3.37. The van der Waals surface area contributed by atoms with Gasteiger partial charge in [0.15, 0.2) is 0 Å².